The molecule has 0 N–H and O–H groups in total. The van der Waals surface area contributed by atoms with Crippen molar-refractivity contribution in [3.8, 4) is 5.75 Å². The maximum atomic E-state index is 12.6. The second-order valence-electron chi connectivity index (χ2n) is 6.92. The number of rotatable bonds is 3. The van der Waals surface area contributed by atoms with Crippen LogP contribution >= 0.6 is 0 Å². The van der Waals surface area contributed by atoms with Gasteiger partial charge in [0, 0.05) is 20.2 Å². The van der Waals surface area contributed by atoms with E-state index in [2.05, 4.69) is 9.89 Å². The molecule has 3 aliphatic rings. The predicted molar refractivity (Wildman–Crippen MR) is 96.8 cm³/mol. The van der Waals surface area contributed by atoms with Crippen LogP contribution in [0.1, 0.15) is 13.8 Å². The Morgan fingerprint density at radius 1 is 1.23 bits per heavy atom. The zero-order valence-corrected chi connectivity index (χ0v) is 15.3. The number of imide groups is 1. The zero-order chi connectivity index (χ0) is 18.6. The third-order valence-electron chi connectivity index (χ3n) is 4.82. The number of carbonyl (C=O) groups excluding carboxylic acids is 2. The molecule has 0 saturated carbocycles. The summed E-state index contributed by atoms with van der Waals surface area (Å²) >= 11 is 0. The van der Waals surface area contributed by atoms with E-state index >= 15 is 0 Å². The van der Waals surface area contributed by atoms with E-state index in [0.29, 0.717) is 18.3 Å². The molecule has 3 amide bonds. The average molecular weight is 356 g/mol. The van der Waals surface area contributed by atoms with Crippen LogP contribution in [0.15, 0.2) is 29.3 Å². The van der Waals surface area contributed by atoms with Gasteiger partial charge in [-0.2, -0.15) is 0 Å². The maximum Gasteiger partial charge on any atom is 0.397 e. The van der Waals surface area contributed by atoms with Gasteiger partial charge in [-0.25, -0.2) is 14.3 Å². The van der Waals surface area contributed by atoms with Gasteiger partial charge in [0.1, 0.15) is 18.0 Å². The van der Waals surface area contributed by atoms with Crippen LogP contribution in [0, 0.1) is 0 Å². The first-order chi connectivity index (χ1) is 12.4. The number of aliphatic imine (C=N–C) groups is 1. The number of urea groups is 1. The predicted octanol–water partition coefficient (Wildman–Crippen LogP) is 0.967. The largest absolute Gasteiger partial charge is 0.491 e. The molecule has 8 nitrogen and oxygen atoms in total. The van der Waals surface area contributed by atoms with Gasteiger partial charge in [-0.1, -0.05) is 11.1 Å². The molecule has 4 rings (SSSR count). The van der Waals surface area contributed by atoms with Crippen molar-refractivity contribution in [3.05, 3.63) is 24.3 Å². The lowest BCUT2D eigenvalue weighted by molar-refractivity contribution is -0.525. The summed E-state index contributed by atoms with van der Waals surface area (Å²) in [5.74, 6) is 1.76. The van der Waals surface area contributed by atoms with Crippen molar-refractivity contribution in [2.45, 2.75) is 26.0 Å². The summed E-state index contributed by atoms with van der Waals surface area (Å²) in [5.41, 5.74) is 0.957. The summed E-state index contributed by atoms with van der Waals surface area (Å²) in [6.45, 7) is 5.37. The van der Waals surface area contributed by atoms with Gasteiger partial charge in [0.25, 0.3) is 5.91 Å². The van der Waals surface area contributed by atoms with Gasteiger partial charge in [-0.15, -0.1) is 0 Å². The van der Waals surface area contributed by atoms with Crippen molar-refractivity contribution in [1.82, 2.24) is 9.80 Å². The number of amides is 3. The Bertz CT molecular complexity index is 860. The van der Waals surface area contributed by atoms with Gasteiger partial charge >= 0.3 is 12.0 Å². The Hall–Kier alpha value is -2.90. The van der Waals surface area contributed by atoms with Crippen LogP contribution < -0.4 is 9.64 Å². The second-order valence-corrected chi connectivity index (χ2v) is 6.92. The normalized spacial score (nSPS) is 22.3. The minimum absolute atomic E-state index is 0.0930. The number of carbonyl (C=O) groups is 2. The van der Waals surface area contributed by atoms with Gasteiger partial charge in [0.15, 0.2) is 0 Å². The van der Waals surface area contributed by atoms with Crippen molar-refractivity contribution >= 4 is 29.4 Å². The second kappa shape index (κ2) is 5.82. The van der Waals surface area contributed by atoms with Gasteiger partial charge in [-0.05, 0) is 26.0 Å². The Kier molecular flexibility index (Phi) is 3.71. The minimum Gasteiger partial charge on any atom is -0.491 e. The third kappa shape index (κ3) is 2.36. The molecular weight excluding hydrogens is 334 g/mol. The van der Waals surface area contributed by atoms with Crippen LogP contribution in [0.5, 0.6) is 5.75 Å². The average Bonchev–Trinajstić information content (AvgIpc) is 3.16. The minimum atomic E-state index is -0.530. The van der Waals surface area contributed by atoms with E-state index in [1.807, 2.05) is 42.7 Å². The molecule has 1 saturated heterocycles. The molecule has 3 heterocycles. The molecule has 1 unspecified atom stereocenters. The standard InChI is InChI=1S/C18H22N5O3/c1-11(2)26-13-7-5-6-12(10-13)22-8-9-23-14-15(19-17(22)23)20(3)18(25)21(4)16(14)24/h5-7,10-11,14H,8-9H2,1-4H3/q+1. The van der Waals surface area contributed by atoms with E-state index in [9.17, 15) is 9.59 Å². The van der Waals surface area contributed by atoms with E-state index in [-0.39, 0.29) is 18.0 Å². The molecule has 1 aromatic carbocycles. The Morgan fingerprint density at radius 2 is 2.00 bits per heavy atom. The highest BCUT2D eigenvalue weighted by molar-refractivity contribution is 6.24. The van der Waals surface area contributed by atoms with Gasteiger partial charge < -0.3 is 4.74 Å². The number of likely N-dealkylation sites (N-methyl/N-ethyl adjacent to an activating group) is 2. The van der Waals surface area contributed by atoms with E-state index in [1.165, 1.54) is 11.9 Å². The molecule has 1 fully saturated rings. The quantitative estimate of drug-likeness (QED) is 0.757. The molecular formula is C18H22N5O3+. The molecule has 8 heteroatoms. The first-order valence-corrected chi connectivity index (χ1v) is 8.70. The van der Waals surface area contributed by atoms with Crippen molar-refractivity contribution < 1.29 is 18.9 Å². The first kappa shape index (κ1) is 16.6. The fourth-order valence-electron chi connectivity index (χ4n) is 3.58. The summed E-state index contributed by atoms with van der Waals surface area (Å²) in [7, 11) is 3.16. The SMILES string of the molecule is CC(C)Oc1cccc(N2CC[N+]3=C2N=C2C3C(=O)N(C)C(=O)N2C)c1. The fraction of sp³-hybridized carbons (Fsp3) is 0.444. The monoisotopic (exact) mass is 356 g/mol. The highest BCUT2D eigenvalue weighted by atomic mass is 16.5. The van der Waals surface area contributed by atoms with Gasteiger partial charge in [0.05, 0.1) is 12.6 Å². The molecule has 0 aliphatic carbocycles. The van der Waals surface area contributed by atoms with E-state index in [0.717, 1.165) is 22.9 Å². The molecule has 1 aromatic rings. The van der Waals surface area contributed by atoms with Crippen LogP contribution in [0.2, 0.25) is 0 Å². The molecule has 26 heavy (non-hydrogen) atoms. The maximum absolute atomic E-state index is 12.6. The lowest BCUT2D eigenvalue weighted by atomic mass is 10.1. The molecule has 0 radical (unpaired) electrons. The highest BCUT2D eigenvalue weighted by Gasteiger charge is 2.54. The number of guanidine groups is 1. The van der Waals surface area contributed by atoms with Crippen molar-refractivity contribution in [2.75, 3.05) is 32.1 Å². The van der Waals surface area contributed by atoms with Crippen molar-refractivity contribution in [1.29, 1.82) is 0 Å². The van der Waals surface area contributed by atoms with Crippen molar-refractivity contribution in [2.24, 2.45) is 4.99 Å². The molecule has 1 atom stereocenters. The molecule has 0 aromatic heterocycles. The lowest BCUT2D eigenvalue weighted by Crippen LogP contribution is -2.61. The fourth-order valence-corrected chi connectivity index (χ4v) is 3.58. The number of amidine groups is 1. The number of hydrogen-bond donors (Lipinski definition) is 0. The van der Waals surface area contributed by atoms with Crippen LogP contribution in [-0.4, -0.2) is 77.4 Å². The Labute approximate surface area is 152 Å². The zero-order valence-electron chi connectivity index (χ0n) is 15.3. The van der Waals surface area contributed by atoms with Crippen LogP contribution in [0.3, 0.4) is 0 Å². The topological polar surface area (TPSA) is 68.5 Å². The van der Waals surface area contributed by atoms with Gasteiger partial charge in [0.2, 0.25) is 11.9 Å². The number of anilines is 1. The summed E-state index contributed by atoms with van der Waals surface area (Å²) in [4.78, 5) is 34.1. The summed E-state index contributed by atoms with van der Waals surface area (Å²) in [6, 6.07) is 6.95. The molecule has 3 aliphatic heterocycles. The summed E-state index contributed by atoms with van der Waals surface area (Å²) in [5, 5.41) is 0. The molecule has 0 spiro atoms. The van der Waals surface area contributed by atoms with E-state index in [1.54, 1.807) is 7.05 Å². The number of benzene rings is 1. The van der Waals surface area contributed by atoms with Crippen LogP contribution in [0.4, 0.5) is 10.5 Å². The van der Waals surface area contributed by atoms with E-state index in [4.69, 9.17) is 4.74 Å². The first-order valence-electron chi connectivity index (χ1n) is 8.70. The lowest BCUT2D eigenvalue weighted by Gasteiger charge is -2.31. The van der Waals surface area contributed by atoms with E-state index < -0.39 is 6.04 Å². The van der Waals surface area contributed by atoms with Crippen LogP contribution in [-0.2, 0) is 4.79 Å². The summed E-state index contributed by atoms with van der Waals surface area (Å²) < 4.78 is 7.75. The Morgan fingerprint density at radius 3 is 2.73 bits per heavy atom. The third-order valence-corrected chi connectivity index (χ3v) is 4.82. The van der Waals surface area contributed by atoms with Crippen molar-refractivity contribution in [3.63, 3.8) is 0 Å². The number of nitrogens with zero attached hydrogens (tertiary/aromatic N) is 5. The molecule has 136 valence electrons. The number of ether oxygens (including phenoxy) is 1. The molecule has 0 bridgehead atoms. The highest BCUT2D eigenvalue weighted by Crippen LogP contribution is 2.28. The summed E-state index contributed by atoms with van der Waals surface area (Å²) in [6.07, 6.45) is 0.0930. The van der Waals surface area contributed by atoms with Crippen LogP contribution in [0.25, 0.3) is 0 Å². The smallest absolute Gasteiger partial charge is 0.397 e. The van der Waals surface area contributed by atoms with Gasteiger partial charge in [-0.3, -0.25) is 14.6 Å². The number of fused-ring (bicyclic) bond motifs is 2. The Balaban J connectivity index is 1.70. The number of hydrogen-bond acceptors (Lipinski definition) is 5.